The van der Waals surface area contributed by atoms with Crippen molar-refractivity contribution in [2.24, 2.45) is 11.8 Å². The summed E-state index contributed by atoms with van der Waals surface area (Å²) < 4.78 is 1.69. The SMILES string of the molecule is CCn1nc(C)c([N+](=O)[O-])c1NC1C2CNCC21. The first kappa shape index (κ1) is 11.5. The average Bonchev–Trinajstić information content (AvgIpc) is 2.72. The fourth-order valence-corrected chi connectivity index (χ4v) is 2.95. The molecule has 0 bridgehead atoms. The van der Waals surface area contributed by atoms with E-state index in [1.54, 1.807) is 11.6 Å². The van der Waals surface area contributed by atoms with Gasteiger partial charge in [0.25, 0.3) is 0 Å². The minimum Gasteiger partial charge on any atom is -0.361 e. The molecule has 2 N–H and O–H groups in total. The van der Waals surface area contributed by atoms with Crippen LogP contribution in [0.1, 0.15) is 12.6 Å². The summed E-state index contributed by atoms with van der Waals surface area (Å²) in [4.78, 5) is 10.8. The standard InChI is InChI=1S/C11H17N5O2/c1-3-15-11(10(16(17)18)6(2)14-15)13-9-7-4-12-5-8(7)9/h7-9,12-13H,3-5H2,1-2H3. The van der Waals surface area contributed by atoms with Crippen molar-refractivity contribution in [1.82, 2.24) is 15.1 Å². The van der Waals surface area contributed by atoms with Crippen LogP contribution in [0.2, 0.25) is 0 Å². The molecule has 1 aliphatic heterocycles. The number of nitro groups is 1. The Bertz CT molecular complexity index is 488. The molecule has 1 aromatic rings. The van der Waals surface area contributed by atoms with Crippen molar-refractivity contribution in [1.29, 1.82) is 0 Å². The quantitative estimate of drug-likeness (QED) is 0.609. The summed E-state index contributed by atoms with van der Waals surface area (Å²) in [7, 11) is 0. The van der Waals surface area contributed by atoms with Crippen LogP contribution in [0.15, 0.2) is 0 Å². The largest absolute Gasteiger partial charge is 0.361 e. The van der Waals surface area contributed by atoms with E-state index in [0.29, 0.717) is 35.9 Å². The molecule has 0 amide bonds. The van der Waals surface area contributed by atoms with Crippen molar-refractivity contribution in [3.63, 3.8) is 0 Å². The van der Waals surface area contributed by atoms with Crippen molar-refractivity contribution in [3.8, 4) is 0 Å². The maximum absolute atomic E-state index is 11.1. The number of rotatable bonds is 4. The van der Waals surface area contributed by atoms with E-state index in [1.165, 1.54) is 0 Å². The lowest BCUT2D eigenvalue weighted by Gasteiger charge is -2.09. The van der Waals surface area contributed by atoms with Crippen molar-refractivity contribution in [2.75, 3.05) is 18.4 Å². The highest BCUT2D eigenvalue weighted by molar-refractivity contribution is 5.61. The first-order valence-corrected chi connectivity index (χ1v) is 6.32. The van der Waals surface area contributed by atoms with Crippen molar-refractivity contribution >= 4 is 11.5 Å². The lowest BCUT2D eigenvalue weighted by Crippen LogP contribution is -2.22. The van der Waals surface area contributed by atoms with Gasteiger partial charge in [0.05, 0.1) is 4.92 Å². The first-order chi connectivity index (χ1) is 8.63. The van der Waals surface area contributed by atoms with Crippen LogP contribution >= 0.6 is 0 Å². The Hall–Kier alpha value is -1.63. The molecule has 7 nitrogen and oxygen atoms in total. The second-order valence-electron chi connectivity index (χ2n) is 5.01. The van der Waals surface area contributed by atoms with Crippen LogP contribution < -0.4 is 10.6 Å². The van der Waals surface area contributed by atoms with Gasteiger partial charge in [-0.2, -0.15) is 5.10 Å². The highest BCUT2D eigenvalue weighted by atomic mass is 16.6. The average molecular weight is 251 g/mol. The van der Waals surface area contributed by atoms with Crippen LogP contribution in [-0.4, -0.2) is 33.8 Å². The lowest BCUT2D eigenvalue weighted by atomic mass is 10.3. The Labute approximate surface area is 105 Å². The van der Waals surface area contributed by atoms with E-state index in [1.807, 2.05) is 6.92 Å². The molecule has 2 fully saturated rings. The highest BCUT2D eigenvalue weighted by Crippen LogP contribution is 2.45. The van der Waals surface area contributed by atoms with Gasteiger partial charge in [0.2, 0.25) is 5.82 Å². The molecule has 2 aliphatic rings. The van der Waals surface area contributed by atoms with E-state index in [9.17, 15) is 10.1 Å². The molecule has 1 saturated heterocycles. The summed E-state index contributed by atoms with van der Waals surface area (Å²) in [6.45, 7) is 6.28. The maximum Gasteiger partial charge on any atom is 0.333 e. The zero-order valence-electron chi connectivity index (χ0n) is 10.5. The summed E-state index contributed by atoms with van der Waals surface area (Å²) in [5.41, 5.74) is 0.600. The number of nitrogens with one attached hydrogen (secondary N) is 2. The fourth-order valence-electron chi connectivity index (χ4n) is 2.95. The Morgan fingerprint density at radius 1 is 1.56 bits per heavy atom. The molecular formula is C11H17N5O2. The van der Waals surface area contributed by atoms with Crippen LogP contribution in [0.25, 0.3) is 0 Å². The fraction of sp³-hybridized carbons (Fsp3) is 0.727. The number of aryl methyl sites for hydroxylation is 2. The monoisotopic (exact) mass is 251 g/mol. The Morgan fingerprint density at radius 3 is 2.78 bits per heavy atom. The molecule has 1 aliphatic carbocycles. The zero-order valence-corrected chi connectivity index (χ0v) is 10.5. The molecule has 0 spiro atoms. The Morgan fingerprint density at radius 2 is 2.22 bits per heavy atom. The third-order valence-corrected chi connectivity index (χ3v) is 3.97. The summed E-state index contributed by atoms with van der Waals surface area (Å²) in [6.07, 6.45) is 0. The smallest absolute Gasteiger partial charge is 0.333 e. The van der Waals surface area contributed by atoms with E-state index >= 15 is 0 Å². The minimum absolute atomic E-state index is 0.120. The molecule has 2 unspecified atom stereocenters. The summed E-state index contributed by atoms with van der Waals surface area (Å²) in [6, 6.07) is 0.367. The summed E-state index contributed by atoms with van der Waals surface area (Å²) >= 11 is 0. The maximum atomic E-state index is 11.1. The number of piperidine rings is 1. The van der Waals surface area contributed by atoms with Gasteiger partial charge in [-0.05, 0) is 25.7 Å². The van der Waals surface area contributed by atoms with E-state index in [0.717, 1.165) is 13.1 Å². The van der Waals surface area contributed by atoms with E-state index in [2.05, 4.69) is 15.7 Å². The molecular weight excluding hydrogens is 234 g/mol. The van der Waals surface area contributed by atoms with Crippen molar-refractivity contribution < 1.29 is 4.92 Å². The highest BCUT2D eigenvalue weighted by Gasteiger charge is 2.53. The molecule has 98 valence electrons. The van der Waals surface area contributed by atoms with Gasteiger partial charge in [-0.15, -0.1) is 0 Å². The lowest BCUT2D eigenvalue weighted by molar-refractivity contribution is -0.384. The molecule has 2 heterocycles. The van der Waals surface area contributed by atoms with Gasteiger partial charge in [0.1, 0.15) is 5.69 Å². The second-order valence-corrected chi connectivity index (χ2v) is 5.01. The number of fused-ring (bicyclic) bond motifs is 1. The predicted octanol–water partition coefficient (Wildman–Crippen LogP) is 0.749. The van der Waals surface area contributed by atoms with E-state index < -0.39 is 0 Å². The molecule has 1 aromatic heterocycles. The van der Waals surface area contributed by atoms with Crippen LogP contribution in [0.4, 0.5) is 11.5 Å². The van der Waals surface area contributed by atoms with Crippen LogP contribution in [0, 0.1) is 28.9 Å². The van der Waals surface area contributed by atoms with Gasteiger partial charge in [-0.1, -0.05) is 0 Å². The van der Waals surface area contributed by atoms with Gasteiger partial charge in [-0.25, -0.2) is 4.68 Å². The Balaban J connectivity index is 1.87. The van der Waals surface area contributed by atoms with E-state index in [-0.39, 0.29) is 10.6 Å². The predicted molar refractivity (Wildman–Crippen MR) is 66.6 cm³/mol. The Kier molecular flexibility index (Phi) is 2.51. The number of hydrogen-bond acceptors (Lipinski definition) is 5. The van der Waals surface area contributed by atoms with Gasteiger partial charge in [0, 0.05) is 25.7 Å². The number of anilines is 1. The first-order valence-electron chi connectivity index (χ1n) is 6.32. The van der Waals surface area contributed by atoms with Crippen LogP contribution in [0.5, 0.6) is 0 Å². The third kappa shape index (κ3) is 1.58. The van der Waals surface area contributed by atoms with Gasteiger partial charge >= 0.3 is 5.69 Å². The second kappa shape index (κ2) is 3.94. The van der Waals surface area contributed by atoms with E-state index in [4.69, 9.17) is 0 Å². The number of aromatic nitrogens is 2. The van der Waals surface area contributed by atoms with Crippen LogP contribution in [0.3, 0.4) is 0 Å². The van der Waals surface area contributed by atoms with Gasteiger partial charge in [0.15, 0.2) is 0 Å². The summed E-state index contributed by atoms with van der Waals surface area (Å²) in [5, 5.41) is 22.0. The van der Waals surface area contributed by atoms with Crippen molar-refractivity contribution in [2.45, 2.75) is 26.4 Å². The molecule has 18 heavy (non-hydrogen) atoms. The number of hydrogen-bond donors (Lipinski definition) is 2. The van der Waals surface area contributed by atoms with Crippen LogP contribution in [-0.2, 0) is 6.54 Å². The number of nitrogens with zero attached hydrogens (tertiary/aromatic N) is 3. The van der Waals surface area contributed by atoms with Crippen molar-refractivity contribution in [3.05, 3.63) is 15.8 Å². The van der Waals surface area contributed by atoms with Gasteiger partial charge < -0.3 is 10.6 Å². The minimum atomic E-state index is -0.340. The molecule has 2 atom stereocenters. The molecule has 0 radical (unpaired) electrons. The topological polar surface area (TPSA) is 85.0 Å². The molecule has 0 aromatic carbocycles. The molecule has 3 rings (SSSR count). The normalized spacial score (nSPS) is 29.1. The molecule has 1 saturated carbocycles. The summed E-state index contributed by atoms with van der Waals surface area (Å²) in [5.74, 6) is 1.80. The zero-order chi connectivity index (χ0) is 12.9. The van der Waals surface area contributed by atoms with Gasteiger partial charge in [-0.3, -0.25) is 10.1 Å². The molecule has 7 heteroatoms. The third-order valence-electron chi connectivity index (χ3n) is 3.97.